The molecule has 1 heterocycles. The van der Waals surface area contributed by atoms with Gasteiger partial charge < -0.3 is 15.4 Å². The Kier molecular flexibility index (Phi) is 4.95. The minimum Gasteiger partial charge on any atom is -0.381 e. The lowest BCUT2D eigenvalue weighted by atomic mass is 10.1. The highest BCUT2D eigenvalue weighted by Gasteiger charge is 2.26. The molecule has 0 aliphatic heterocycles. The molecule has 20 heavy (non-hydrogen) atoms. The highest BCUT2D eigenvalue weighted by atomic mass is 16.5. The van der Waals surface area contributed by atoms with Crippen molar-refractivity contribution >= 4 is 11.7 Å². The quantitative estimate of drug-likeness (QED) is 0.864. The van der Waals surface area contributed by atoms with Gasteiger partial charge in [0.15, 0.2) is 0 Å². The molecule has 0 spiro atoms. The number of ether oxygens (including phenoxy) is 1. The van der Waals surface area contributed by atoms with Crippen LogP contribution in [0.5, 0.6) is 0 Å². The zero-order valence-corrected chi connectivity index (χ0v) is 12.4. The first-order chi connectivity index (χ1) is 9.66. The minimum atomic E-state index is -0.0275. The molecule has 1 saturated carbocycles. The van der Waals surface area contributed by atoms with Crippen molar-refractivity contribution < 1.29 is 9.53 Å². The maximum absolute atomic E-state index is 12.3. The van der Waals surface area contributed by atoms with Crippen molar-refractivity contribution in [2.45, 2.75) is 44.8 Å². The third-order valence-corrected chi connectivity index (χ3v) is 3.81. The van der Waals surface area contributed by atoms with Gasteiger partial charge in [0, 0.05) is 31.5 Å². The second-order valence-electron chi connectivity index (χ2n) is 5.18. The second-order valence-corrected chi connectivity index (χ2v) is 5.18. The number of carbonyl (C=O) groups is 1. The van der Waals surface area contributed by atoms with Gasteiger partial charge >= 0.3 is 0 Å². The summed E-state index contributed by atoms with van der Waals surface area (Å²) in [4.78, 5) is 16.7. The Morgan fingerprint density at radius 3 is 2.85 bits per heavy atom. The zero-order valence-electron chi connectivity index (χ0n) is 12.4. The molecule has 1 amide bonds. The number of rotatable bonds is 5. The van der Waals surface area contributed by atoms with E-state index in [4.69, 9.17) is 4.74 Å². The second kappa shape index (κ2) is 6.70. The average molecular weight is 277 g/mol. The Balaban J connectivity index is 2.05. The first-order valence-corrected chi connectivity index (χ1v) is 7.18. The molecular weight excluding hydrogens is 254 g/mol. The van der Waals surface area contributed by atoms with Crippen LogP contribution in [-0.2, 0) is 11.2 Å². The number of hydrogen-bond donors (Lipinski definition) is 2. The van der Waals surface area contributed by atoms with Crippen LogP contribution >= 0.6 is 0 Å². The zero-order chi connectivity index (χ0) is 14.5. The largest absolute Gasteiger partial charge is 0.381 e. The Labute approximate surface area is 120 Å². The molecule has 0 bridgehead atoms. The summed E-state index contributed by atoms with van der Waals surface area (Å²) < 4.78 is 5.33. The van der Waals surface area contributed by atoms with E-state index in [1.54, 1.807) is 13.2 Å². The van der Waals surface area contributed by atoms with Crippen LogP contribution in [0.4, 0.5) is 5.82 Å². The lowest BCUT2D eigenvalue weighted by Gasteiger charge is -2.14. The van der Waals surface area contributed by atoms with Crippen LogP contribution in [0.3, 0.4) is 0 Å². The summed E-state index contributed by atoms with van der Waals surface area (Å²) in [5.41, 5.74) is 1.59. The highest BCUT2D eigenvalue weighted by molar-refractivity contribution is 5.95. The van der Waals surface area contributed by atoms with Gasteiger partial charge in [0.25, 0.3) is 5.91 Å². The Morgan fingerprint density at radius 2 is 2.25 bits per heavy atom. The first-order valence-electron chi connectivity index (χ1n) is 7.18. The van der Waals surface area contributed by atoms with Crippen LogP contribution in [0, 0.1) is 0 Å². The maximum atomic E-state index is 12.3. The standard InChI is InChI=1S/C15H23N3O2/c1-4-11-7-10(8-14(16-2)17-11)15(19)18-12-5-6-13(9-12)20-3/h7-8,12-13H,4-6,9H2,1-3H3,(H,16,17)(H,18,19). The molecule has 5 heteroatoms. The summed E-state index contributed by atoms with van der Waals surface area (Å²) >= 11 is 0. The van der Waals surface area contributed by atoms with Gasteiger partial charge in [0.05, 0.1) is 6.10 Å². The lowest BCUT2D eigenvalue weighted by Crippen LogP contribution is -2.33. The molecule has 5 nitrogen and oxygen atoms in total. The molecule has 0 saturated heterocycles. The monoisotopic (exact) mass is 277 g/mol. The van der Waals surface area contributed by atoms with E-state index in [-0.39, 0.29) is 18.1 Å². The molecular formula is C15H23N3O2. The fraction of sp³-hybridized carbons (Fsp3) is 0.600. The maximum Gasteiger partial charge on any atom is 0.251 e. The fourth-order valence-corrected chi connectivity index (χ4v) is 2.58. The van der Waals surface area contributed by atoms with Crippen LogP contribution < -0.4 is 10.6 Å². The third kappa shape index (κ3) is 3.48. The predicted octanol–water partition coefficient (Wildman–Crippen LogP) is 1.98. The van der Waals surface area contributed by atoms with E-state index in [9.17, 15) is 4.79 Å². The van der Waals surface area contributed by atoms with E-state index in [2.05, 4.69) is 15.6 Å². The predicted molar refractivity (Wildman–Crippen MR) is 79.1 cm³/mol. The van der Waals surface area contributed by atoms with E-state index >= 15 is 0 Å². The Morgan fingerprint density at radius 1 is 1.45 bits per heavy atom. The molecule has 0 aromatic carbocycles. The highest BCUT2D eigenvalue weighted by Crippen LogP contribution is 2.22. The van der Waals surface area contributed by atoms with Crippen molar-refractivity contribution in [3.05, 3.63) is 23.4 Å². The van der Waals surface area contributed by atoms with Gasteiger partial charge in [-0.05, 0) is 37.8 Å². The summed E-state index contributed by atoms with van der Waals surface area (Å²) in [5.74, 6) is 0.705. The molecule has 1 aliphatic carbocycles. The van der Waals surface area contributed by atoms with Crippen molar-refractivity contribution in [2.24, 2.45) is 0 Å². The number of nitrogens with one attached hydrogen (secondary N) is 2. The molecule has 2 atom stereocenters. The normalized spacial score (nSPS) is 21.8. The molecule has 2 N–H and O–H groups in total. The third-order valence-electron chi connectivity index (χ3n) is 3.81. The van der Waals surface area contributed by atoms with Gasteiger partial charge in [-0.25, -0.2) is 4.98 Å². The van der Waals surface area contributed by atoms with Crippen molar-refractivity contribution in [1.82, 2.24) is 10.3 Å². The van der Waals surface area contributed by atoms with Gasteiger partial charge in [-0.3, -0.25) is 4.79 Å². The Bertz CT molecular complexity index is 454. The summed E-state index contributed by atoms with van der Waals surface area (Å²) in [6, 6.07) is 3.86. The van der Waals surface area contributed by atoms with Gasteiger partial charge in [-0.2, -0.15) is 0 Å². The van der Waals surface area contributed by atoms with Crippen LogP contribution in [-0.4, -0.2) is 37.2 Å². The number of hydrogen-bond acceptors (Lipinski definition) is 4. The molecule has 1 aliphatic rings. The summed E-state index contributed by atoms with van der Waals surface area (Å²) in [6.07, 6.45) is 3.98. The van der Waals surface area contributed by atoms with Crippen LogP contribution in [0.2, 0.25) is 0 Å². The number of methoxy groups -OCH3 is 1. The Hall–Kier alpha value is -1.62. The molecule has 1 aromatic rings. The van der Waals surface area contributed by atoms with Crippen molar-refractivity contribution in [3.8, 4) is 0 Å². The van der Waals surface area contributed by atoms with E-state index in [0.717, 1.165) is 37.2 Å². The number of aryl methyl sites for hydroxylation is 1. The number of nitrogens with zero attached hydrogens (tertiary/aromatic N) is 1. The topological polar surface area (TPSA) is 63.2 Å². The summed E-state index contributed by atoms with van der Waals surface area (Å²) in [6.45, 7) is 2.03. The molecule has 2 rings (SSSR count). The van der Waals surface area contributed by atoms with Gasteiger partial charge in [0.1, 0.15) is 5.82 Å². The average Bonchev–Trinajstić information content (AvgIpc) is 2.94. The number of pyridine rings is 1. The van der Waals surface area contributed by atoms with Crippen LogP contribution in [0.1, 0.15) is 42.2 Å². The van der Waals surface area contributed by atoms with E-state index in [1.807, 2.05) is 20.0 Å². The fourth-order valence-electron chi connectivity index (χ4n) is 2.58. The molecule has 0 radical (unpaired) electrons. The number of anilines is 1. The molecule has 2 unspecified atom stereocenters. The van der Waals surface area contributed by atoms with Crippen LogP contribution in [0.15, 0.2) is 12.1 Å². The smallest absolute Gasteiger partial charge is 0.251 e. The van der Waals surface area contributed by atoms with E-state index < -0.39 is 0 Å². The molecule has 110 valence electrons. The van der Waals surface area contributed by atoms with Gasteiger partial charge in [0.2, 0.25) is 0 Å². The molecule has 1 aromatic heterocycles. The van der Waals surface area contributed by atoms with Gasteiger partial charge in [-0.1, -0.05) is 6.92 Å². The summed E-state index contributed by atoms with van der Waals surface area (Å²) in [5, 5.41) is 6.08. The minimum absolute atomic E-state index is 0.0275. The van der Waals surface area contributed by atoms with Crippen molar-refractivity contribution in [3.63, 3.8) is 0 Å². The first kappa shape index (κ1) is 14.8. The number of carbonyl (C=O) groups excluding carboxylic acids is 1. The number of amides is 1. The molecule has 1 fully saturated rings. The van der Waals surface area contributed by atoms with E-state index in [1.165, 1.54) is 0 Å². The van der Waals surface area contributed by atoms with Crippen molar-refractivity contribution in [2.75, 3.05) is 19.5 Å². The van der Waals surface area contributed by atoms with Crippen LogP contribution in [0.25, 0.3) is 0 Å². The van der Waals surface area contributed by atoms with Crippen molar-refractivity contribution in [1.29, 1.82) is 0 Å². The van der Waals surface area contributed by atoms with E-state index in [0.29, 0.717) is 5.56 Å². The lowest BCUT2D eigenvalue weighted by molar-refractivity contribution is 0.0915. The number of aromatic nitrogens is 1. The SMILES string of the molecule is CCc1cc(C(=O)NC2CCC(OC)C2)cc(NC)n1. The summed E-state index contributed by atoms with van der Waals surface area (Å²) in [7, 11) is 3.54. The van der Waals surface area contributed by atoms with Gasteiger partial charge in [-0.15, -0.1) is 0 Å².